The lowest BCUT2D eigenvalue weighted by Gasteiger charge is -2.26. The average molecular weight is 483 g/mol. The van der Waals surface area contributed by atoms with E-state index in [1.807, 2.05) is 12.2 Å². The normalized spacial score (nSPS) is 30.7. The Bertz CT molecular complexity index is 958. The van der Waals surface area contributed by atoms with Gasteiger partial charge in [0.15, 0.2) is 0 Å². The first kappa shape index (κ1) is 25.2. The lowest BCUT2D eigenvalue weighted by Crippen LogP contribution is -2.58. The summed E-state index contributed by atoms with van der Waals surface area (Å²) in [6.45, 7) is 3.50. The molecule has 0 aromatic heterocycles. The van der Waals surface area contributed by atoms with E-state index in [9.17, 15) is 27.6 Å². The molecule has 0 saturated heterocycles. The van der Waals surface area contributed by atoms with Gasteiger partial charge in [-0.2, -0.15) is 0 Å². The second-order valence-corrected chi connectivity index (χ2v) is 11.9. The summed E-state index contributed by atoms with van der Waals surface area (Å²) >= 11 is 0. The lowest BCUT2D eigenvalue weighted by atomic mass is 10.1. The van der Waals surface area contributed by atoms with E-state index in [1.54, 1.807) is 14.0 Å². The van der Waals surface area contributed by atoms with E-state index in [0.717, 1.165) is 19.3 Å². The summed E-state index contributed by atoms with van der Waals surface area (Å²) in [5.74, 6) is -1.86. The lowest BCUT2D eigenvalue weighted by molar-refractivity contribution is -0.130. The summed E-state index contributed by atoms with van der Waals surface area (Å²) in [7, 11) is -2.24. The van der Waals surface area contributed by atoms with Crippen molar-refractivity contribution in [3.05, 3.63) is 12.2 Å². The molecule has 11 heteroatoms. The van der Waals surface area contributed by atoms with E-state index in [-0.39, 0.29) is 31.0 Å². The summed E-state index contributed by atoms with van der Waals surface area (Å²) in [6, 6.07) is -1.47. The quantitative estimate of drug-likeness (QED) is 0.482. The van der Waals surface area contributed by atoms with Crippen LogP contribution in [0.4, 0.5) is 4.79 Å². The molecule has 3 atom stereocenters. The van der Waals surface area contributed by atoms with Crippen LogP contribution in [0.2, 0.25) is 0 Å². The second-order valence-electron chi connectivity index (χ2n) is 9.74. The topological polar surface area (TPSA) is 142 Å². The number of carbonyl (C=O) groups excluding carboxylic acids is 4. The van der Waals surface area contributed by atoms with Gasteiger partial charge in [-0.3, -0.25) is 14.3 Å². The third-order valence-electron chi connectivity index (χ3n) is 6.82. The Kier molecular flexibility index (Phi) is 7.21. The highest BCUT2D eigenvalue weighted by Crippen LogP contribution is 2.47. The maximum absolute atomic E-state index is 13.2. The molecule has 1 aliphatic heterocycles. The minimum absolute atomic E-state index is 0.0787. The first-order valence-electron chi connectivity index (χ1n) is 11.5. The van der Waals surface area contributed by atoms with Gasteiger partial charge in [-0.05, 0) is 58.8 Å². The number of ketones is 1. The predicted octanol–water partition coefficient (Wildman–Crippen LogP) is 0.979. The van der Waals surface area contributed by atoms with E-state index in [4.69, 9.17) is 0 Å². The first-order valence-corrected chi connectivity index (χ1v) is 12.9. The number of sulfonamides is 1. The zero-order valence-electron chi connectivity index (χ0n) is 19.5. The molecule has 2 fully saturated rings. The smallest absolute Gasteiger partial charge is 0.317 e. The van der Waals surface area contributed by atoms with Gasteiger partial charge in [0.1, 0.15) is 17.4 Å². The van der Waals surface area contributed by atoms with Crippen LogP contribution in [-0.4, -0.2) is 66.9 Å². The number of nitrogens with one attached hydrogen (secondary N) is 3. The molecule has 0 bridgehead atoms. The van der Waals surface area contributed by atoms with Crippen molar-refractivity contribution in [1.82, 2.24) is 20.3 Å². The van der Waals surface area contributed by atoms with Crippen molar-refractivity contribution in [3.8, 4) is 0 Å². The number of nitrogens with zero attached hydrogens (tertiary/aromatic N) is 1. The standard InChI is InChI=1S/C22H34N4O6S/c1-15(27)9-10-17-18(28)24-22(19(29)25-33(31,32)21(2)11-12-21)14-16(22)8-6-4-5-7-13-26(3)20(30)23-17/h6,8,16-17H,4-5,7,9-14H2,1-3H3,(H,23,30)(H,24,28)(H,25,29)/b8-6-. The number of Topliss-reactive ketones (excluding diaryl/α,β-unsaturated/α-hetero) is 1. The van der Waals surface area contributed by atoms with Crippen LogP contribution in [0.5, 0.6) is 0 Å². The maximum atomic E-state index is 13.2. The highest BCUT2D eigenvalue weighted by molar-refractivity contribution is 7.91. The number of allylic oxidation sites excluding steroid dienone is 1. The van der Waals surface area contributed by atoms with Crippen molar-refractivity contribution in [3.63, 3.8) is 0 Å². The number of urea groups is 1. The molecule has 0 aromatic carbocycles. The maximum Gasteiger partial charge on any atom is 0.317 e. The van der Waals surface area contributed by atoms with Crippen LogP contribution in [0, 0.1) is 5.92 Å². The van der Waals surface area contributed by atoms with Crippen LogP contribution in [-0.2, 0) is 24.4 Å². The number of carbonyl (C=O) groups is 4. The van der Waals surface area contributed by atoms with Gasteiger partial charge in [0.2, 0.25) is 15.9 Å². The highest BCUT2D eigenvalue weighted by Gasteiger charge is 2.62. The molecule has 3 aliphatic rings. The predicted molar refractivity (Wildman–Crippen MR) is 122 cm³/mol. The van der Waals surface area contributed by atoms with Crippen molar-refractivity contribution >= 4 is 33.7 Å². The van der Waals surface area contributed by atoms with E-state index < -0.39 is 44.2 Å². The van der Waals surface area contributed by atoms with Crippen molar-refractivity contribution < 1.29 is 27.6 Å². The fourth-order valence-corrected chi connectivity index (χ4v) is 5.23. The minimum atomic E-state index is -3.87. The van der Waals surface area contributed by atoms with Gasteiger partial charge in [-0.25, -0.2) is 13.2 Å². The van der Waals surface area contributed by atoms with E-state index in [2.05, 4.69) is 15.4 Å². The van der Waals surface area contributed by atoms with Crippen LogP contribution in [0.15, 0.2) is 12.2 Å². The molecule has 0 radical (unpaired) electrons. The molecule has 2 saturated carbocycles. The first-order chi connectivity index (χ1) is 15.4. The van der Waals surface area contributed by atoms with Crippen molar-refractivity contribution in [1.29, 1.82) is 0 Å². The van der Waals surface area contributed by atoms with E-state index in [0.29, 0.717) is 19.4 Å². The molecule has 3 unspecified atom stereocenters. The number of amides is 4. The number of hydrogen-bond donors (Lipinski definition) is 3. The summed E-state index contributed by atoms with van der Waals surface area (Å²) in [4.78, 5) is 51.9. The van der Waals surface area contributed by atoms with Crippen LogP contribution in [0.25, 0.3) is 0 Å². The average Bonchev–Trinajstić information content (AvgIpc) is 3.64. The molecule has 0 aromatic rings. The van der Waals surface area contributed by atoms with E-state index in [1.165, 1.54) is 11.8 Å². The molecule has 1 heterocycles. The molecule has 184 valence electrons. The Morgan fingerprint density at radius 3 is 2.58 bits per heavy atom. The van der Waals surface area contributed by atoms with Crippen molar-refractivity contribution in [2.75, 3.05) is 13.6 Å². The van der Waals surface area contributed by atoms with Gasteiger partial charge < -0.3 is 20.3 Å². The summed E-state index contributed by atoms with van der Waals surface area (Å²) in [5.41, 5.74) is -1.40. The minimum Gasteiger partial charge on any atom is -0.339 e. The molecule has 3 N–H and O–H groups in total. The Morgan fingerprint density at radius 2 is 1.94 bits per heavy atom. The summed E-state index contributed by atoms with van der Waals surface area (Å²) < 4.78 is 26.5. The molecular weight excluding hydrogens is 448 g/mol. The molecule has 33 heavy (non-hydrogen) atoms. The highest BCUT2D eigenvalue weighted by atomic mass is 32.2. The molecule has 2 aliphatic carbocycles. The van der Waals surface area contributed by atoms with E-state index >= 15 is 0 Å². The number of fused-ring (bicyclic) bond motifs is 1. The van der Waals surface area contributed by atoms with Crippen LogP contribution >= 0.6 is 0 Å². The zero-order valence-corrected chi connectivity index (χ0v) is 20.3. The third kappa shape index (κ3) is 5.74. The molecular formula is C22H34N4O6S. The third-order valence-corrected chi connectivity index (χ3v) is 8.98. The number of rotatable bonds is 6. The monoisotopic (exact) mass is 482 g/mol. The van der Waals surface area contributed by atoms with Gasteiger partial charge in [0.25, 0.3) is 5.91 Å². The Balaban J connectivity index is 1.84. The van der Waals surface area contributed by atoms with Crippen LogP contribution < -0.4 is 15.4 Å². The zero-order chi connectivity index (χ0) is 24.4. The molecule has 4 amide bonds. The van der Waals surface area contributed by atoms with Crippen LogP contribution in [0.1, 0.15) is 65.2 Å². The molecule has 0 spiro atoms. The molecule has 10 nitrogen and oxygen atoms in total. The Labute approximate surface area is 195 Å². The second kappa shape index (κ2) is 9.44. The summed E-state index contributed by atoms with van der Waals surface area (Å²) in [5, 5.41) is 5.37. The van der Waals surface area contributed by atoms with Gasteiger partial charge in [0, 0.05) is 25.9 Å². The fourth-order valence-electron chi connectivity index (χ4n) is 3.92. The van der Waals surface area contributed by atoms with Gasteiger partial charge in [-0.15, -0.1) is 0 Å². The largest absolute Gasteiger partial charge is 0.339 e. The van der Waals surface area contributed by atoms with Crippen molar-refractivity contribution in [2.45, 2.75) is 81.5 Å². The summed E-state index contributed by atoms with van der Waals surface area (Å²) in [6.07, 6.45) is 7.52. The fraction of sp³-hybridized carbons (Fsp3) is 0.727. The van der Waals surface area contributed by atoms with Crippen molar-refractivity contribution in [2.24, 2.45) is 5.92 Å². The van der Waals surface area contributed by atoms with Gasteiger partial charge in [0.05, 0.1) is 4.75 Å². The van der Waals surface area contributed by atoms with Crippen LogP contribution in [0.3, 0.4) is 0 Å². The Hall–Kier alpha value is -2.43. The van der Waals surface area contributed by atoms with Gasteiger partial charge in [-0.1, -0.05) is 12.2 Å². The number of hydrogen-bond acceptors (Lipinski definition) is 6. The van der Waals surface area contributed by atoms with Gasteiger partial charge >= 0.3 is 6.03 Å². The Morgan fingerprint density at radius 1 is 1.24 bits per heavy atom. The molecule has 3 rings (SSSR count). The SMILES string of the molecule is CC(=O)CCC1NC(=O)N(C)CCCC/C=C\C2CC2(C(=O)NS(=O)(=O)C2(C)CC2)NC1=O.